The molecule has 0 fully saturated rings. The lowest BCUT2D eigenvalue weighted by molar-refractivity contribution is 0.0784. The zero-order chi connectivity index (χ0) is 14.0. The highest BCUT2D eigenvalue weighted by Gasteiger charge is 2.21. The molecule has 0 bridgehead atoms. The third-order valence-corrected chi connectivity index (χ3v) is 3.95. The number of thiophene rings is 1. The molecule has 2 aromatic heterocycles. The van der Waals surface area contributed by atoms with Gasteiger partial charge in [-0.1, -0.05) is 12.2 Å². The lowest BCUT2D eigenvalue weighted by Crippen LogP contribution is -2.32. The molecule has 0 saturated carbocycles. The van der Waals surface area contributed by atoms with E-state index >= 15 is 0 Å². The Labute approximate surface area is 116 Å². The topological polar surface area (TPSA) is 59.2 Å². The third kappa shape index (κ3) is 2.61. The van der Waals surface area contributed by atoms with E-state index in [1.165, 1.54) is 11.3 Å². The maximum absolute atomic E-state index is 12.5. The van der Waals surface area contributed by atoms with E-state index in [1.807, 2.05) is 26.0 Å². The van der Waals surface area contributed by atoms with E-state index in [1.54, 1.807) is 11.1 Å². The Morgan fingerprint density at radius 1 is 1.58 bits per heavy atom. The van der Waals surface area contributed by atoms with Gasteiger partial charge in [-0.3, -0.25) is 9.78 Å². The van der Waals surface area contributed by atoms with Crippen molar-refractivity contribution in [2.24, 2.45) is 0 Å². The van der Waals surface area contributed by atoms with E-state index in [0.717, 1.165) is 10.3 Å². The number of rotatable bonds is 4. The van der Waals surface area contributed by atoms with Crippen LogP contribution in [0.5, 0.6) is 0 Å². The average Bonchev–Trinajstić information content (AvgIpc) is 2.73. The standard InChI is InChI=1S/C14H17N3OS/c1-4-17(8-9(2)3)14(18)13-11(15)12-10(19-13)6-5-7-16-12/h5-7H,2,4,8,15H2,1,3H3. The van der Waals surface area contributed by atoms with Crippen molar-refractivity contribution < 1.29 is 4.79 Å². The molecule has 0 radical (unpaired) electrons. The second kappa shape index (κ2) is 5.40. The van der Waals surface area contributed by atoms with Crippen molar-refractivity contribution in [3.8, 4) is 0 Å². The van der Waals surface area contributed by atoms with E-state index < -0.39 is 0 Å². The van der Waals surface area contributed by atoms with Crippen LogP contribution in [-0.2, 0) is 0 Å². The number of aromatic nitrogens is 1. The van der Waals surface area contributed by atoms with E-state index in [9.17, 15) is 4.79 Å². The highest BCUT2D eigenvalue weighted by atomic mass is 32.1. The molecule has 2 N–H and O–H groups in total. The van der Waals surface area contributed by atoms with Crippen LogP contribution in [0.15, 0.2) is 30.5 Å². The van der Waals surface area contributed by atoms with Crippen LogP contribution in [0.1, 0.15) is 23.5 Å². The Bertz CT molecular complexity index is 633. The van der Waals surface area contributed by atoms with Crippen LogP contribution in [0, 0.1) is 0 Å². The van der Waals surface area contributed by atoms with Gasteiger partial charge in [-0.05, 0) is 26.0 Å². The average molecular weight is 275 g/mol. The molecule has 0 unspecified atom stereocenters. The number of nitrogen functional groups attached to an aromatic ring is 1. The van der Waals surface area contributed by atoms with Crippen molar-refractivity contribution in [2.45, 2.75) is 13.8 Å². The first-order chi connectivity index (χ1) is 9.04. The summed E-state index contributed by atoms with van der Waals surface area (Å²) in [4.78, 5) is 19.0. The van der Waals surface area contributed by atoms with Gasteiger partial charge in [0.2, 0.25) is 0 Å². The smallest absolute Gasteiger partial charge is 0.266 e. The normalized spacial score (nSPS) is 10.6. The van der Waals surface area contributed by atoms with E-state index in [0.29, 0.717) is 29.2 Å². The Balaban J connectivity index is 2.40. The molecule has 0 aliphatic rings. The van der Waals surface area contributed by atoms with Gasteiger partial charge in [0.15, 0.2) is 0 Å². The number of nitrogens with zero attached hydrogens (tertiary/aromatic N) is 2. The molecule has 19 heavy (non-hydrogen) atoms. The van der Waals surface area contributed by atoms with Gasteiger partial charge in [0.1, 0.15) is 10.4 Å². The third-order valence-electron chi connectivity index (χ3n) is 2.81. The van der Waals surface area contributed by atoms with Crippen LogP contribution >= 0.6 is 11.3 Å². The van der Waals surface area contributed by atoms with Crippen molar-refractivity contribution in [2.75, 3.05) is 18.8 Å². The number of pyridine rings is 1. The minimum absolute atomic E-state index is 0.0500. The predicted octanol–water partition coefficient (Wildman–Crippen LogP) is 2.92. The van der Waals surface area contributed by atoms with Crippen molar-refractivity contribution in [1.82, 2.24) is 9.88 Å². The molecule has 2 heterocycles. The van der Waals surface area contributed by atoms with Gasteiger partial charge in [0.05, 0.1) is 10.4 Å². The van der Waals surface area contributed by atoms with Crippen molar-refractivity contribution in [3.63, 3.8) is 0 Å². The minimum atomic E-state index is -0.0500. The molecule has 0 atom stereocenters. The SMILES string of the molecule is C=C(C)CN(CC)C(=O)c1sc2cccnc2c1N. The second-order valence-corrected chi connectivity index (χ2v) is 5.52. The number of likely N-dealkylation sites (N-methyl/N-ethyl adjacent to an activating group) is 1. The molecular weight excluding hydrogens is 258 g/mol. The van der Waals surface area contributed by atoms with Gasteiger partial charge in [0, 0.05) is 19.3 Å². The van der Waals surface area contributed by atoms with Crippen LogP contribution in [0.3, 0.4) is 0 Å². The summed E-state index contributed by atoms with van der Waals surface area (Å²) in [6, 6.07) is 3.77. The molecule has 5 heteroatoms. The summed E-state index contributed by atoms with van der Waals surface area (Å²) in [5, 5.41) is 0. The maximum atomic E-state index is 12.5. The number of hydrogen-bond acceptors (Lipinski definition) is 4. The largest absolute Gasteiger partial charge is 0.396 e. The highest BCUT2D eigenvalue weighted by Crippen LogP contribution is 2.32. The number of anilines is 1. The van der Waals surface area contributed by atoms with Crippen LogP contribution in [0.2, 0.25) is 0 Å². The number of nitrogens with two attached hydrogens (primary N) is 1. The number of amides is 1. The van der Waals surface area contributed by atoms with Crippen LogP contribution in [0.25, 0.3) is 10.2 Å². The summed E-state index contributed by atoms with van der Waals surface area (Å²) in [6.07, 6.45) is 1.69. The summed E-state index contributed by atoms with van der Waals surface area (Å²) in [5.41, 5.74) is 8.18. The molecular formula is C14H17N3OS. The van der Waals surface area contributed by atoms with Gasteiger partial charge in [-0.2, -0.15) is 0 Å². The highest BCUT2D eigenvalue weighted by molar-refractivity contribution is 7.21. The van der Waals surface area contributed by atoms with Crippen molar-refractivity contribution in [1.29, 1.82) is 0 Å². The molecule has 2 aromatic rings. The quantitative estimate of drug-likeness (QED) is 0.873. The molecule has 0 aliphatic heterocycles. The fourth-order valence-electron chi connectivity index (χ4n) is 1.90. The second-order valence-electron chi connectivity index (χ2n) is 4.47. The Hall–Kier alpha value is -1.88. The van der Waals surface area contributed by atoms with E-state index in [-0.39, 0.29) is 5.91 Å². The fourth-order valence-corrected chi connectivity index (χ4v) is 2.95. The van der Waals surface area contributed by atoms with E-state index in [2.05, 4.69) is 11.6 Å². The van der Waals surface area contributed by atoms with Crippen LogP contribution in [0.4, 0.5) is 5.69 Å². The molecule has 4 nitrogen and oxygen atoms in total. The first-order valence-corrected chi connectivity index (χ1v) is 6.92. The lowest BCUT2D eigenvalue weighted by atomic mass is 10.2. The Morgan fingerprint density at radius 2 is 2.32 bits per heavy atom. The van der Waals surface area contributed by atoms with Gasteiger partial charge in [-0.15, -0.1) is 11.3 Å². The van der Waals surface area contributed by atoms with Crippen LogP contribution < -0.4 is 5.73 Å². The van der Waals surface area contributed by atoms with Gasteiger partial charge in [-0.25, -0.2) is 0 Å². The number of carbonyl (C=O) groups is 1. The molecule has 0 aliphatic carbocycles. The summed E-state index contributed by atoms with van der Waals surface area (Å²) < 4.78 is 0.940. The molecule has 2 rings (SSSR count). The molecule has 0 aromatic carbocycles. The monoisotopic (exact) mass is 275 g/mol. The lowest BCUT2D eigenvalue weighted by Gasteiger charge is -2.20. The Kier molecular flexibility index (Phi) is 3.85. The number of fused-ring (bicyclic) bond motifs is 1. The number of carbonyl (C=O) groups excluding carboxylic acids is 1. The zero-order valence-electron chi connectivity index (χ0n) is 11.1. The zero-order valence-corrected chi connectivity index (χ0v) is 12.0. The first-order valence-electron chi connectivity index (χ1n) is 6.11. The maximum Gasteiger partial charge on any atom is 0.266 e. The summed E-state index contributed by atoms with van der Waals surface area (Å²) in [5.74, 6) is -0.0500. The molecule has 0 spiro atoms. The molecule has 1 amide bonds. The molecule has 100 valence electrons. The molecule has 0 saturated heterocycles. The van der Waals surface area contributed by atoms with Crippen LogP contribution in [-0.4, -0.2) is 28.9 Å². The predicted molar refractivity (Wildman–Crippen MR) is 80.4 cm³/mol. The van der Waals surface area contributed by atoms with Crippen molar-refractivity contribution >= 4 is 33.1 Å². The summed E-state index contributed by atoms with van der Waals surface area (Å²) >= 11 is 1.39. The first kappa shape index (κ1) is 13.5. The fraction of sp³-hybridized carbons (Fsp3) is 0.286. The van der Waals surface area contributed by atoms with E-state index in [4.69, 9.17) is 5.73 Å². The van der Waals surface area contributed by atoms with Gasteiger partial charge >= 0.3 is 0 Å². The number of hydrogen-bond donors (Lipinski definition) is 1. The summed E-state index contributed by atoms with van der Waals surface area (Å²) in [6.45, 7) is 8.89. The summed E-state index contributed by atoms with van der Waals surface area (Å²) in [7, 11) is 0. The van der Waals surface area contributed by atoms with Crippen molar-refractivity contribution in [3.05, 3.63) is 35.4 Å². The van der Waals surface area contributed by atoms with Gasteiger partial charge in [0.25, 0.3) is 5.91 Å². The minimum Gasteiger partial charge on any atom is -0.396 e. The van der Waals surface area contributed by atoms with Gasteiger partial charge < -0.3 is 10.6 Å². The Morgan fingerprint density at radius 3 is 2.89 bits per heavy atom.